The number of nitrogens with one attached hydrogen (secondary N) is 1. The maximum atomic E-state index is 13.2. The van der Waals surface area contributed by atoms with Crippen LogP contribution in [0.2, 0.25) is 0 Å². The Morgan fingerprint density at radius 3 is 2.79 bits per heavy atom. The van der Waals surface area contributed by atoms with E-state index in [-0.39, 0.29) is 42.8 Å². The van der Waals surface area contributed by atoms with Gasteiger partial charge in [-0.3, -0.25) is 0 Å². The SMILES string of the molecule is CCNC(=NCCOc1ccc(F)c(F)c1)N1CCOC(C2CCCO2)C1.I. The van der Waals surface area contributed by atoms with E-state index in [9.17, 15) is 8.78 Å². The molecule has 0 bridgehead atoms. The van der Waals surface area contributed by atoms with E-state index in [4.69, 9.17) is 14.2 Å². The summed E-state index contributed by atoms with van der Waals surface area (Å²) in [6.07, 6.45) is 2.34. The summed E-state index contributed by atoms with van der Waals surface area (Å²) in [5.41, 5.74) is 0. The molecule has 9 heteroatoms. The Bertz CT molecular complexity index is 645. The summed E-state index contributed by atoms with van der Waals surface area (Å²) in [7, 11) is 0. The normalized spacial score (nSPS) is 22.7. The Kier molecular flexibility index (Phi) is 9.66. The van der Waals surface area contributed by atoms with Gasteiger partial charge in [-0.1, -0.05) is 0 Å². The van der Waals surface area contributed by atoms with Crippen LogP contribution in [0, 0.1) is 11.6 Å². The molecule has 2 atom stereocenters. The van der Waals surface area contributed by atoms with Crippen molar-refractivity contribution in [3.8, 4) is 5.75 Å². The number of hydrogen-bond donors (Lipinski definition) is 1. The lowest BCUT2D eigenvalue weighted by atomic mass is 10.1. The molecule has 0 aromatic heterocycles. The van der Waals surface area contributed by atoms with E-state index in [0.29, 0.717) is 18.9 Å². The topological polar surface area (TPSA) is 55.3 Å². The summed E-state index contributed by atoms with van der Waals surface area (Å²) in [6, 6.07) is 3.50. The number of halogens is 3. The molecule has 2 fully saturated rings. The van der Waals surface area contributed by atoms with Gasteiger partial charge in [0, 0.05) is 32.3 Å². The molecule has 2 heterocycles. The fraction of sp³-hybridized carbons (Fsp3) is 0.632. The van der Waals surface area contributed by atoms with E-state index >= 15 is 0 Å². The number of aliphatic imine (C=N–C) groups is 1. The maximum Gasteiger partial charge on any atom is 0.194 e. The first-order valence-electron chi connectivity index (χ1n) is 9.51. The van der Waals surface area contributed by atoms with Gasteiger partial charge in [0.25, 0.3) is 0 Å². The Balaban J connectivity index is 0.00000280. The van der Waals surface area contributed by atoms with Crippen LogP contribution in [0.1, 0.15) is 19.8 Å². The molecular formula is C19H28F2IN3O3. The second-order valence-electron chi connectivity index (χ2n) is 6.57. The Morgan fingerprint density at radius 2 is 2.07 bits per heavy atom. The molecule has 2 aliphatic heterocycles. The van der Waals surface area contributed by atoms with E-state index in [1.807, 2.05) is 6.92 Å². The van der Waals surface area contributed by atoms with E-state index in [1.165, 1.54) is 6.07 Å². The third kappa shape index (κ3) is 6.41. The molecule has 6 nitrogen and oxygen atoms in total. The molecule has 0 radical (unpaired) electrons. The molecule has 0 amide bonds. The lowest BCUT2D eigenvalue weighted by Gasteiger charge is -2.37. The van der Waals surface area contributed by atoms with Crippen molar-refractivity contribution in [2.24, 2.45) is 4.99 Å². The zero-order valence-corrected chi connectivity index (χ0v) is 18.4. The number of benzene rings is 1. The van der Waals surface area contributed by atoms with Gasteiger partial charge >= 0.3 is 0 Å². The Labute approximate surface area is 181 Å². The highest BCUT2D eigenvalue weighted by atomic mass is 127. The number of guanidine groups is 1. The van der Waals surface area contributed by atoms with Gasteiger partial charge < -0.3 is 24.4 Å². The van der Waals surface area contributed by atoms with Crippen molar-refractivity contribution in [2.45, 2.75) is 32.0 Å². The predicted molar refractivity (Wildman–Crippen MR) is 114 cm³/mol. The maximum absolute atomic E-state index is 13.2. The fourth-order valence-electron chi connectivity index (χ4n) is 3.30. The van der Waals surface area contributed by atoms with Crippen LogP contribution in [-0.4, -0.2) is 69.1 Å². The third-order valence-corrected chi connectivity index (χ3v) is 4.62. The van der Waals surface area contributed by atoms with Gasteiger partial charge in [-0.05, 0) is 31.9 Å². The Hall–Kier alpha value is -1.20. The molecule has 28 heavy (non-hydrogen) atoms. The molecule has 3 rings (SSSR count). The molecule has 0 spiro atoms. The zero-order valence-electron chi connectivity index (χ0n) is 16.0. The van der Waals surface area contributed by atoms with Crippen LogP contribution >= 0.6 is 24.0 Å². The average molecular weight is 511 g/mol. The second-order valence-corrected chi connectivity index (χ2v) is 6.57. The number of hydrogen-bond acceptors (Lipinski definition) is 4. The van der Waals surface area contributed by atoms with Crippen LogP contribution in [0.3, 0.4) is 0 Å². The quantitative estimate of drug-likeness (QED) is 0.276. The van der Waals surface area contributed by atoms with E-state index < -0.39 is 11.6 Å². The summed E-state index contributed by atoms with van der Waals surface area (Å²) in [5, 5.41) is 3.29. The number of morpholine rings is 1. The van der Waals surface area contributed by atoms with Crippen LogP contribution in [0.4, 0.5) is 8.78 Å². The minimum Gasteiger partial charge on any atom is -0.492 e. The van der Waals surface area contributed by atoms with Crippen molar-refractivity contribution in [3.05, 3.63) is 29.8 Å². The molecule has 1 aromatic carbocycles. The van der Waals surface area contributed by atoms with Gasteiger partial charge in [0.15, 0.2) is 17.6 Å². The van der Waals surface area contributed by atoms with E-state index in [2.05, 4.69) is 15.2 Å². The Morgan fingerprint density at radius 1 is 1.25 bits per heavy atom. The van der Waals surface area contributed by atoms with E-state index in [1.54, 1.807) is 0 Å². The van der Waals surface area contributed by atoms with Crippen molar-refractivity contribution in [3.63, 3.8) is 0 Å². The highest BCUT2D eigenvalue weighted by Crippen LogP contribution is 2.21. The lowest BCUT2D eigenvalue weighted by Crippen LogP contribution is -2.53. The fourth-order valence-corrected chi connectivity index (χ4v) is 3.30. The van der Waals surface area contributed by atoms with Crippen LogP contribution in [-0.2, 0) is 9.47 Å². The van der Waals surface area contributed by atoms with Gasteiger partial charge in [-0.2, -0.15) is 0 Å². The first-order valence-corrected chi connectivity index (χ1v) is 9.51. The van der Waals surface area contributed by atoms with Crippen LogP contribution in [0.15, 0.2) is 23.2 Å². The van der Waals surface area contributed by atoms with Crippen LogP contribution in [0.25, 0.3) is 0 Å². The molecule has 158 valence electrons. The largest absolute Gasteiger partial charge is 0.492 e. The first kappa shape index (κ1) is 23.1. The second kappa shape index (κ2) is 11.7. The minimum absolute atomic E-state index is 0. The van der Waals surface area contributed by atoms with Gasteiger partial charge in [0.2, 0.25) is 0 Å². The molecular weight excluding hydrogens is 483 g/mol. The van der Waals surface area contributed by atoms with Gasteiger partial charge in [0.05, 0.1) is 19.3 Å². The van der Waals surface area contributed by atoms with Gasteiger partial charge in [0.1, 0.15) is 18.5 Å². The number of ether oxygens (including phenoxy) is 3. The standard InChI is InChI=1S/C19H27F2N3O3.HI/c1-2-22-19(23-7-10-25-14-5-6-15(20)16(21)12-14)24-8-11-27-18(13-24)17-4-3-9-26-17;/h5-6,12,17-18H,2-4,7-11,13H2,1H3,(H,22,23);1H. The lowest BCUT2D eigenvalue weighted by molar-refractivity contribution is -0.0817. The van der Waals surface area contributed by atoms with Gasteiger partial charge in [-0.15, -0.1) is 24.0 Å². The molecule has 2 unspecified atom stereocenters. The monoisotopic (exact) mass is 511 g/mol. The van der Waals surface area contributed by atoms with Crippen molar-refractivity contribution < 1.29 is 23.0 Å². The average Bonchev–Trinajstić information content (AvgIpc) is 3.22. The summed E-state index contributed by atoms with van der Waals surface area (Å²) in [6.45, 7) is 6.40. The molecule has 0 aliphatic carbocycles. The predicted octanol–water partition coefficient (Wildman–Crippen LogP) is 2.81. The summed E-state index contributed by atoms with van der Waals surface area (Å²) in [4.78, 5) is 6.77. The van der Waals surface area contributed by atoms with E-state index in [0.717, 1.165) is 57.2 Å². The zero-order chi connectivity index (χ0) is 19.1. The highest BCUT2D eigenvalue weighted by molar-refractivity contribution is 14.0. The van der Waals surface area contributed by atoms with Crippen molar-refractivity contribution in [2.75, 3.05) is 46.0 Å². The highest BCUT2D eigenvalue weighted by Gasteiger charge is 2.32. The van der Waals surface area contributed by atoms with Gasteiger partial charge in [-0.25, -0.2) is 13.8 Å². The smallest absolute Gasteiger partial charge is 0.194 e. The summed E-state index contributed by atoms with van der Waals surface area (Å²) < 4.78 is 43.2. The molecule has 1 N–H and O–H groups in total. The minimum atomic E-state index is -0.919. The van der Waals surface area contributed by atoms with Crippen LogP contribution in [0.5, 0.6) is 5.75 Å². The molecule has 2 saturated heterocycles. The van der Waals surface area contributed by atoms with Crippen LogP contribution < -0.4 is 10.1 Å². The first-order chi connectivity index (χ1) is 13.2. The molecule has 1 aromatic rings. The van der Waals surface area contributed by atoms with Crippen molar-refractivity contribution >= 4 is 29.9 Å². The molecule has 2 aliphatic rings. The summed E-state index contributed by atoms with van der Waals surface area (Å²) >= 11 is 0. The van der Waals surface area contributed by atoms with Crippen molar-refractivity contribution in [1.82, 2.24) is 10.2 Å². The third-order valence-electron chi connectivity index (χ3n) is 4.62. The summed E-state index contributed by atoms with van der Waals surface area (Å²) in [5.74, 6) is -0.711. The number of nitrogens with zero attached hydrogens (tertiary/aromatic N) is 2. The molecule has 0 saturated carbocycles. The van der Waals surface area contributed by atoms with Crippen molar-refractivity contribution in [1.29, 1.82) is 0 Å². The number of rotatable bonds is 6.